The second-order valence-electron chi connectivity index (χ2n) is 4.07. The van der Waals surface area contributed by atoms with Gasteiger partial charge in [-0.15, -0.1) is 0 Å². The van der Waals surface area contributed by atoms with E-state index in [2.05, 4.69) is 15.9 Å². The van der Waals surface area contributed by atoms with Crippen LogP contribution >= 0.6 is 15.9 Å². The van der Waals surface area contributed by atoms with Crippen LogP contribution in [0.2, 0.25) is 0 Å². The molecule has 7 heteroatoms. The normalized spacial score (nSPS) is 15.3. The van der Waals surface area contributed by atoms with Crippen molar-refractivity contribution in [2.24, 2.45) is 0 Å². The molecule has 20 heavy (non-hydrogen) atoms. The first-order valence-electron chi connectivity index (χ1n) is 5.82. The van der Waals surface area contributed by atoms with Gasteiger partial charge in [-0.25, -0.2) is 0 Å². The molecule has 0 atom stereocenters. The Morgan fingerprint density at radius 2 is 1.95 bits per heavy atom. The van der Waals surface area contributed by atoms with Gasteiger partial charge in [-0.3, -0.25) is 0 Å². The molecule has 1 aromatic rings. The van der Waals surface area contributed by atoms with Crippen molar-refractivity contribution in [1.29, 1.82) is 0 Å². The predicted octanol–water partition coefficient (Wildman–Crippen LogP) is 3.28. The summed E-state index contributed by atoms with van der Waals surface area (Å²) in [6.45, 7) is 0. The lowest BCUT2D eigenvalue weighted by molar-refractivity contribution is 0.327. The van der Waals surface area contributed by atoms with Crippen molar-refractivity contribution in [2.75, 3.05) is 7.11 Å². The van der Waals surface area contributed by atoms with Crippen molar-refractivity contribution < 1.29 is 22.4 Å². The molecule has 1 N–H and O–H groups in total. The molecule has 0 saturated carbocycles. The number of methoxy groups -OCH3 is 1. The first kappa shape index (κ1) is 14.9. The number of hydrogen-bond acceptors (Lipinski definition) is 5. The van der Waals surface area contributed by atoms with Crippen molar-refractivity contribution >= 4 is 26.0 Å². The average molecular weight is 361 g/mol. The van der Waals surface area contributed by atoms with Gasteiger partial charge in [0.15, 0.2) is 11.5 Å². The van der Waals surface area contributed by atoms with E-state index in [1.54, 1.807) is 6.07 Å². The van der Waals surface area contributed by atoms with E-state index in [1.807, 2.05) is 0 Å². The molecule has 108 valence electrons. The molecule has 2 rings (SSSR count). The van der Waals surface area contributed by atoms with Gasteiger partial charge in [0.05, 0.1) is 7.11 Å². The van der Waals surface area contributed by atoms with Gasteiger partial charge in [0.1, 0.15) is 10.6 Å². The highest BCUT2D eigenvalue weighted by Gasteiger charge is 2.25. The van der Waals surface area contributed by atoms with Crippen LogP contribution in [0.1, 0.15) is 12.8 Å². The zero-order valence-electron chi connectivity index (χ0n) is 10.7. The van der Waals surface area contributed by atoms with Crippen LogP contribution in [0.25, 0.3) is 0 Å². The van der Waals surface area contributed by atoms with E-state index in [9.17, 15) is 13.5 Å². The highest BCUT2D eigenvalue weighted by Crippen LogP contribution is 2.31. The highest BCUT2D eigenvalue weighted by atomic mass is 79.9. The average Bonchev–Trinajstić information content (AvgIpc) is 2.41. The van der Waals surface area contributed by atoms with Crippen LogP contribution < -0.4 is 4.74 Å². The molecule has 0 spiro atoms. The number of ether oxygens (including phenoxy) is 1. The Labute approximate surface area is 125 Å². The minimum Gasteiger partial charge on any atom is -0.504 e. The maximum Gasteiger partial charge on any atom is 0.343 e. The molecule has 1 aliphatic rings. The Morgan fingerprint density at radius 1 is 1.25 bits per heavy atom. The van der Waals surface area contributed by atoms with Crippen molar-refractivity contribution in [3.8, 4) is 5.75 Å². The number of aliphatic hydroxyl groups is 1. The number of rotatable bonds is 4. The largest absolute Gasteiger partial charge is 0.504 e. The quantitative estimate of drug-likeness (QED) is 0.834. The second kappa shape index (κ2) is 5.88. The van der Waals surface area contributed by atoms with Gasteiger partial charge in [0, 0.05) is 4.47 Å². The minimum absolute atomic E-state index is 0.0571. The molecule has 1 aromatic carbocycles. The SMILES string of the molecule is COc1ccc(Br)cc1S(=O)(=O)OC1=CCCC=C1O. The Hall–Kier alpha value is -1.47. The van der Waals surface area contributed by atoms with Crippen LogP contribution in [-0.4, -0.2) is 20.6 Å². The van der Waals surface area contributed by atoms with Crippen molar-refractivity contribution in [3.05, 3.63) is 46.3 Å². The monoisotopic (exact) mass is 360 g/mol. The summed E-state index contributed by atoms with van der Waals surface area (Å²) in [5, 5.41) is 9.62. The molecule has 1 aliphatic carbocycles. The van der Waals surface area contributed by atoms with Crippen LogP contribution in [0.15, 0.2) is 51.2 Å². The molecule has 0 heterocycles. The number of allylic oxidation sites excluding steroid dienone is 2. The summed E-state index contributed by atoms with van der Waals surface area (Å²) in [5.74, 6) is -0.0554. The molecule has 5 nitrogen and oxygen atoms in total. The van der Waals surface area contributed by atoms with Crippen LogP contribution in [-0.2, 0) is 14.3 Å². The Kier molecular flexibility index (Phi) is 4.39. The van der Waals surface area contributed by atoms with Crippen LogP contribution in [0.4, 0.5) is 0 Å². The third kappa shape index (κ3) is 3.16. The van der Waals surface area contributed by atoms with Crippen LogP contribution in [0, 0.1) is 0 Å². The Bertz CT molecular complexity index is 676. The van der Waals surface area contributed by atoms with E-state index in [-0.39, 0.29) is 22.2 Å². The molecular formula is C13H13BrO5S. The minimum atomic E-state index is -4.08. The maximum atomic E-state index is 12.3. The zero-order chi connectivity index (χ0) is 14.8. The topological polar surface area (TPSA) is 72.8 Å². The predicted molar refractivity (Wildman–Crippen MR) is 77.0 cm³/mol. The number of halogens is 1. The molecule has 0 fully saturated rings. The lowest BCUT2D eigenvalue weighted by Crippen LogP contribution is -2.10. The third-order valence-corrected chi connectivity index (χ3v) is 4.43. The van der Waals surface area contributed by atoms with Gasteiger partial charge in [0.25, 0.3) is 0 Å². The van der Waals surface area contributed by atoms with E-state index in [0.717, 1.165) is 0 Å². The molecular weight excluding hydrogens is 348 g/mol. The third-order valence-electron chi connectivity index (χ3n) is 2.68. The molecule has 0 bridgehead atoms. The van der Waals surface area contributed by atoms with E-state index in [1.165, 1.54) is 31.4 Å². The second-order valence-corrected chi connectivity index (χ2v) is 6.50. The standard InChI is InChI=1S/C13H13BrO5S/c1-18-12-7-6-9(14)8-13(12)20(16,17)19-11-5-3-2-4-10(11)15/h4-8,15H,2-3H2,1H3. The van der Waals surface area contributed by atoms with Crippen molar-refractivity contribution in [3.63, 3.8) is 0 Å². The fraction of sp³-hybridized carbons (Fsp3) is 0.231. The van der Waals surface area contributed by atoms with Gasteiger partial charge in [0.2, 0.25) is 0 Å². The molecule has 0 unspecified atom stereocenters. The number of aliphatic hydroxyl groups excluding tert-OH is 1. The fourth-order valence-electron chi connectivity index (χ4n) is 1.73. The summed E-state index contributed by atoms with van der Waals surface area (Å²) in [6, 6.07) is 4.57. The van der Waals surface area contributed by atoms with Crippen molar-refractivity contribution in [2.45, 2.75) is 17.7 Å². The number of hydrogen-bond donors (Lipinski definition) is 1. The lowest BCUT2D eigenvalue weighted by atomic mass is 10.1. The fourth-order valence-corrected chi connectivity index (χ4v) is 3.39. The van der Waals surface area contributed by atoms with Gasteiger partial charge in [-0.2, -0.15) is 8.42 Å². The number of benzene rings is 1. The summed E-state index contributed by atoms with van der Waals surface area (Å²) in [7, 11) is -2.71. The first-order chi connectivity index (χ1) is 9.44. The van der Waals surface area contributed by atoms with Crippen LogP contribution in [0.3, 0.4) is 0 Å². The zero-order valence-corrected chi connectivity index (χ0v) is 13.1. The molecule has 0 amide bonds. The van der Waals surface area contributed by atoms with E-state index < -0.39 is 10.1 Å². The summed E-state index contributed by atoms with van der Waals surface area (Å²) in [5.41, 5.74) is 0. The summed E-state index contributed by atoms with van der Waals surface area (Å²) in [6.07, 6.45) is 4.32. The smallest absolute Gasteiger partial charge is 0.343 e. The molecule has 0 aliphatic heterocycles. The van der Waals surface area contributed by atoms with Crippen molar-refractivity contribution in [1.82, 2.24) is 0 Å². The van der Waals surface area contributed by atoms with E-state index >= 15 is 0 Å². The van der Waals surface area contributed by atoms with Gasteiger partial charge in [-0.05, 0) is 43.2 Å². The van der Waals surface area contributed by atoms with E-state index in [0.29, 0.717) is 17.3 Å². The Balaban J connectivity index is 2.38. The van der Waals surface area contributed by atoms with Crippen LogP contribution in [0.5, 0.6) is 5.75 Å². The van der Waals surface area contributed by atoms with Gasteiger partial charge >= 0.3 is 10.1 Å². The maximum absolute atomic E-state index is 12.3. The summed E-state index contributed by atoms with van der Waals surface area (Å²) in [4.78, 5) is -0.103. The molecule has 0 saturated heterocycles. The Morgan fingerprint density at radius 3 is 2.60 bits per heavy atom. The molecule has 0 aromatic heterocycles. The summed E-state index contributed by atoms with van der Waals surface area (Å²) < 4.78 is 35.1. The van der Waals surface area contributed by atoms with Gasteiger partial charge in [-0.1, -0.05) is 15.9 Å². The summed E-state index contributed by atoms with van der Waals surface area (Å²) >= 11 is 3.20. The van der Waals surface area contributed by atoms with E-state index in [4.69, 9.17) is 8.92 Å². The lowest BCUT2D eigenvalue weighted by Gasteiger charge is -2.14. The highest BCUT2D eigenvalue weighted by molar-refractivity contribution is 9.10. The molecule has 0 radical (unpaired) electrons. The van der Waals surface area contributed by atoms with Gasteiger partial charge < -0.3 is 14.0 Å². The first-order valence-corrected chi connectivity index (χ1v) is 8.02.